The number of sulfone groups is 1. The molecule has 2 aromatic carbocycles. The van der Waals surface area contributed by atoms with Crippen LogP contribution in [0.5, 0.6) is 5.75 Å². The van der Waals surface area contributed by atoms with Crippen LogP contribution in [0.15, 0.2) is 70.9 Å². The average Bonchev–Trinajstić information content (AvgIpc) is 3.34. The second-order valence-corrected chi connectivity index (χ2v) is 13.3. The van der Waals surface area contributed by atoms with E-state index >= 15 is 0 Å². The first-order valence-corrected chi connectivity index (χ1v) is 16.1. The molecule has 3 aromatic rings. The lowest BCUT2D eigenvalue weighted by molar-refractivity contribution is -0.380. The van der Waals surface area contributed by atoms with E-state index in [-0.39, 0.29) is 21.2 Å². The van der Waals surface area contributed by atoms with Crippen molar-refractivity contribution < 1.29 is 25.9 Å². The van der Waals surface area contributed by atoms with Gasteiger partial charge in [-0.25, -0.2) is 8.42 Å². The highest BCUT2D eigenvalue weighted by Crippen LogP contribution is 2.39. The third kappa shape index (κ3) is 7.57. The molecule has 0 spiro atoms. The summed E-state index contributed by atoms with van der Waals surface area (Å²) >= 11 is 12.4. The molecule has 1 atom stereocenters. The van der Waals surface area contributed by atoms with Crippen molar-refractivity contribution in [2.75, 3.05) is 35.5 Å². The molecule has 0 radical (unpaired) electrons. The summed E-state index contributed by atoms with van der Waals surface area (Å²) in [5.74, 6) is 0.170. The topological polar surface area (TPSA) is 124 Å². The summed E-state index contributed by atoms with van der Waals surface area (Å²) in [7, 11) is -8.38. The van der Waals surface area contributed by atoms with Crippen molar-refractivity contribution in [3.63, 3.8) is 0 Å². The predicted molar refractivity (Wildman–Crippen MR) is 146 cm³/mol. The van der Waals surface area contributed by atoms with E-state index in [1.165, 1.54) is 35.7 Å². The highest BCUT2D eigenvalue weighted by atomic mass is 35.5. The molecule has 200 valence electrons. The van der Waals surface area contributed by atoms with Crippen LogP contribution in [0.4, 0.5) is 10.7 Å². The first-order chi connectivity index (χ1) is 17.6. The molecule has 0 saturated heterocycles. The minimum atomic E-state index is -4.53. The molecule has 37 heavy (non-hydrogen) atoms. The van der Waals surface area contributed by atoms with Crippen LogP contribution in [0.25, 0.3) is 0 Å². The number of hydrogen-bond donors (Lipinski definition) is 0. The quantitative estimate of drug-likeness (QED) is 0.105. The first kappa shape index (κ1) is 29.2. The Kier molecular flexibility index (Phi) is 10.2. The van der Waals surface area contributed by atoms with E-state index in [4.69, 9.17) is 27.4 Å². The van der Waals surface area contributed by atoms with Crippen LogP contribution in [0, 0.1) is 10.1 Å². The highest BCUT2D eigenvalue weighted by Gasteiger charge is 2.37. The molecule has 0 aliphatic rings. The molecule has 1 unspecified atom stereocenters. The molecule has 0 saturated carbocycles. The monoisotopic (exact) mass is 606 g/mol. The lowest BCUT2D eigenvalue weighted by Crippen LogP contribution is -2.27. The van der Waals surface area contributed by atoms with Gasteiger partial charge in [0.05, 0.1) is 21.1 Å². The minimum Gasteiger partial charge on any atom is -0.382 e. The van der Waals surface area contributed by atoms with Gasteiger partial charge in [0.25, 0.3) is 0 Å². The van der Waals surface area contributed by atoms with Crippen LogP contribution in [0.1, 0.15) is 17.2 Å². The van der Waals surface area contributed by atoms with Crippen LogP contribution < -0.4 is 9.08 Å². The molecule has 3 rings (SSSR count). The van der Waals surface area contributed by atoms with E-state index < -0.39 is 42.3 Å². The molecule has 1 heterocycles. The molecule has 9 nitrogen and oxygen atoms in total. The third-order valence-electron chi connectivity index (χ3n) is 5.41. The minimum absolute atomic E-state index is 0.0192. The number of thiophene rings is 1. The summed E-state index contributed by atoms with van der Waals surface area (Å²) in [6, 6.07) is 15.1. The SMILES string of the molecule is O=[N+]([O-])c1sccc1C(CCS(=O)(=O)c1ccccc1)S(=O)(=O)Oc1ccc(N(CCCl)CCCl)cc1. The summed E-state index contributed by atoms with van der Waals surface area (Å²) in [5, 5.41) is 11.0. The standard InChI is InChI=1S/C23H24Cl2N2O7S3/c24-12-14-26(15-13-25)18-6-8-19(9-7-18)34-37(32,33)22(21-10-16-35-23(21)27(28)29)11-17-36(30,31)20-4-2-1-3-5-20/h1-10,16,22H,11-15,17H2. The predicted octanol–water partition coefficient (Wildman–Crippen LogP) is 5.25. The number of halogens is 2. The molecule has 0 bridgehead atoms. The Morgan fingerprint density at radius 3 is 2.14 bits per heavy atom. The number of benzene rings is 2. The maximum Gasteiger partial charge on any atom is 0.328 e. The van der Waals surface area contributed by atoms with E-state index in [1.807, 2.05) is 4.90 Å². The largest absolute Gasteiger partial charge is 0.382 e. The fourth-order valence-electron chi connectivity index (χ4n) is 3.65. The maximum atomic E-state index is 13.4. The number of nitro groups is 1. The number of nitrogens with zero attached hydrogens (tertiary/aromatic N) is 2. The summed E-state index contributed by atoms with van der Waals surface area (Å²) in [5.41, 5.74) is 0.635. The van der Waals surface area contributed by atoms with Crippen LogP contribution in [-0.2, 0) is 20.0 Å². The highest BCUT2D eigenvalue weighted by molar-refractivity contribution is 7.91. The van der Waals surface area contributed by atoms with Gasteiger partial charge in [-0.05, 0) is 54.3 Å². The van der Waals surface area contributed by atoms with Gasteiger partial charge in [0.15, 0.2) is 9.84 Å². The lowest BCUT2D eigenvalue weighted by atomic mass is 10.2. The van der Waals surface area contributed by atoms with E-state index in [1.54, 1.807) is 30.3 Å². The molecule has 14 heteroatoms. The number of anilines is 1. The van der Waals surface area contributed by atoms with Crippen molar-refractivity contribution in [1.82, 2.24) is 0 Å². The molecule has 0 amide bonds. The van der Waals surface area contributed by atoms with Gasteiger partial charge in [-0.1, -0.05) is 29.5 Å². The van der Waals surface area contributed by atoms with Gasteiger partial charge >= 0.3 is 15.1 Å². The summed E-state index contributed by atoms with van der Waals surface area (Å²) < 4.78 is 57.7. The van der Waals surface area contributed by atoms with Crippen LogP contribution >= 0.6 is 34.5 Å². The molecular formula is C23H24Cl2N2O7S3. The van der Waals surface area contributed by atoms with Crippen LogP contribution in [0.3, 0.4) is 0 Å². The molecule has 0 aliphatic carbocycles. The van der Waals surface area contributed by atoms with Gasteiger partial charge in [0.2, 0.25) is 0 Å². The van der Waals surface area contributed by atoms with E-state index in [0.717, 1.165) is 17.0 Å². The van der Waals surface area contributed by atoms with Crippen molar-refractivity contribution in [1.29, 1.82) is 0 Å². The Labute approximate surface area is 229 Å². The molecule has 0 aliphatic heterocycles. The Hall–Kier alpha value is -2.38. The number of hydrogen-bond acceptors (Lipinski definition) is 9. The zero-order chi connectivity index (χ0) is 27.1. The van der Waals surface area contributed by atoms with Gasteiger partial charge in [0.1, 0.15) is 11.0 Å². The van der Waals surface area contributed by atoms with Crippen LogP contribution in [-0.4, -0.2) is 52.4 Å². The Bertz CT molecular complexity index is 1390. The van der Waals surface area contributed by atoms with Gasteiger partial charge in [-0.3, -0.25) is 10.1 Å². The number of rotatable bonds is 14. The fourth-order valence-corrected chi connectivity index (χ4v) is 7.81. The smallest absolute Gasteiger partial charge is 0.328 e. The Morgan fingerprint density at radius 2 is 1.57 bits per heavy atom. The zero-order valence-electron chi connectivity index (χ0n) is 19.4. The average molecular weight is 608 g/mol. The van der Waals surface area contributed by atoms with Crippen LogP contribution in [0.2, 0.25) is 0 Å². The summed E-state index contributed by atoms with van der Waals surface area (Å²) in [6.07, 6.45) is -0.436. The van der Waals surface area contributed by atoms with Gasteiger partial charge in [-0.2, -0.15) is 8.42 Å². The molecule has 0 fully saturated rings. The van der Waals surface area contributed by atoms with Gasteiger partial charge in [-0.15, -0.1) is 23.2 Å². The fraction of sp³-hybridized carbons (Fsp3) is 0.304. The second-order valence-electron chi connectivity index (χ2n) is 7.78. The van der Waals surface area contributed by atoms with Crippen molar-refractivity contribution in [2.24, 2.45) is 0 Å². The van der Waals surface area contributed by atoms with Crippen molar-refractivity contribution in [3.05, 3.63) is 81.7 Å². The molecule has 0 N–H and O–H groups in total. The third-order valence-corrected chi connectivity index (χ3v) is 10.0. The van der Waals surface area contributed by atoms with E-state index in [2.05, 4.69) is 0 Å². The van der Waals surface area contributed by atoms with E-state index in [0.29, 0.717) is 24.8 Å². The van der Waals surface area contributed by atoms with Gasteiger partial charge < -0.3 is 9.08 Å². The summed E-state index contributed by atoms with van der Waals surface area (Å²) in [6.45, 7) is 1.07. The van der Waals surface area contributed by atoms with Crippen molar-refractivity contribution in [2.45, 2.75) is 16.6 Å². The zero-order valence-corrected chi connectivity index (χ0v) is 23.4. The van der Waals surface area contributed by atoms with Gasteiger partial charge in [0, 0.05) is 30.5 Å². The normalized spacial score (nSPS) is 12.7. The van der Waals surface area contributed by atoms with E-state index in [9.17, 15) is 26.9 Å². The summed E-state index contributed by atoms with van der Waals surface area (Å²) in [4.78, 5) is 12.8. The Morgan fingerprint density at radius 1 is 0.946 bits per heavy atom. The first-order valence-electron chi connectivity index (χ1n) is 11.0. The maximum absolute atomic E-state index is 13.4. The number of alkyl halides is 2. The Balaban J connectivity index is 1.90. The lowest BCUT2D eigenvalue weighted by Gasteiger charge is -2.23. The van der Waals surface area contributed by atoms with Crippen molar-refractivity contribution in [3.8, 4) is 5.75 Å². The molecule has 1 aromatic heterocycles. The van der Waals surface area contributed by atoms with Crippen molar-refractivity contribution >= 4 is 65.2 Å². The molecular weight excluding hydrogens is 583 g/mol. The second kappa shape index (κ2) is 12.9.